The average molecular weight is 396 g/mol. The average Bonchev–Trinajstić information content (AvgIpc) is 2.57. The van der Waals surface area contributed by atoms with E-state index in [2.05, 4.69) is 11.9 Å². The maximum atomic E-state index is 12.0. The van der Waals surface area contributed by atoms with Gasteiger partial charge in [0.25, 0.3) is 5.69 Å². The Morgan fingerprint density at radius 2 is 2.15 bits per heavy atom. The molecule has 1 fully saturated rings. The number of carboxylic acids is 1. The summed E-state index contributed by atoms with van der Waals surface area (Å²) in [5.74, 6) is 0.125. The molecule has 7 nitrogen and oxygen atoms in total. The lowest BCUT2D eigenvalue weighted by Gasteiger charge is -2.46. The minimum atomic E-state index is -1.08. The highest BCUT2D eigenvalue weighted by Crippen LogP contribution is 2.44. The first-order valence-corrected chi connectivity index (χ1v) is 9.46. The molecule has 1 aromatic rings. The predicted molar refractivity (Wildman–Crippen MR) is 102 cm³/mol. The lowest BCUT2D eigenvalue weighted by Crippen LogP contribution is -2.50. The van der Waals surface area contributed by atoms with Gasteiger partial charge in [0.05, 0.1) is 22.2 Å². The summed E-state index contributed by atoms with van der Waals surface area (Å²) in [5, 5.41) is 21.9. The molecule has 0 bridgehead atoms. The fourth-order valence-corrected chi connectivity index (χ4v) is 4.78. The van der Waals surface area contributed by atoms with Gasteiger partial charge in [0, 0.05) is 17.9 Å². The number of aliphatic imine (C=N–C) groups is 1. The van der Waals surface area contributed by atoms with E-state index in [0.717, 1.165) is 10.9 Å². The fourth-order valence-electron chi connectivity index (χ4n) is 3.28. The maximum absolute atomic E-state index is 12.0. The van der Waals surface area contributed by atoms with Crippen LogP contribution in [-0.4, -0.2) is 37.9 Å². The summed E-state index contributed by atoms with van der Waals surface area (Å²) in [6, 6.07) is 3.84. The van der Waals surface area contributed by atoms with E-state index >= 15 is 0 Å². The second kappa shape index (κ2) is 6.92. The van der Waals surface area contributed by atoms with Crippen molar-refractivity contribution in [3.05, 3.63) is 50.2 Å². The standard InChI is InChI=1S/C17H18ClN3O4S/c1-8-7-26-17-19-9(2)14(16(22)23)15(20(17)10(8)3)11-4-5-12(18)13(6-11)21(24)25/h4-6,8,10,15H,7H2,1-3H3,(H,22,23). The molecule has 1 N–H and O–H groups in total. The van der Waals surface area contributed by atoms with Crippen LogP contribution in [0, 0.1) is 16.0 Å². The van der Waals surface area contributed by atoms with Gasteiger partial charge in [0.1, 0.15) is 5.02 Å². The van der Waals surface area contributed by atoms with Crippen LogP contribution >= 0.6 is 23.4 Å². The summed E-state index contributed by atoms with van der Waals surface area (Å²) in [5.41, 5.74) is 0.834. The number of hydrogen-bond donors (Lipinski definition) is 1. The number of benzene rings is 1. The molecule has 0 radical (unpaired) electrons. The van der Waals surface area contributed by atoms with Gasteiger partial charge in [-0.25, -0.2) is 9.79 Å². The highest BCUT2D eigenvalue weighted by Gasteiger charge is 2.42. The lowest BCUT2D eigenvalue weighted by atomic mass is 9.91. The first kappa shape index (κ1) is 18.7. The Labute approximate surface area is 159 Å². The van der Waals surface area contributed by atoms with Crippen molar-refractivity contribution in [2.75, 3.05) is 5.75 Å². The van der Waals surface area contributed by atoms with Gasteiger partial charge in [-0.05, 0) is 31.4 Å². The Balaban J connectivity index is 2.21. The van der Waals surface area contributed by atoms with E-state index in [1.807, 2.05) is 11.8 Å². The van der Waals surface area contributed by atoms with Crippen molar-refractivity contribution < 1.29 is 14.8 Å². The highest BCUT2D eigenvalue weighted by molar-refractivity contribution is 8.13. The van der Waals surface area contributed by atoms with Crippen LogP contribution in [0.3, 0.4) is 0 Å². The molecule has 0 saturated carbocycles. The monoisotopic (exact) mass is 395 g/mol. The fraction of sp³-hybridized carbons (Fsp3) is 0.412. The number of allylic oxidation sites excluding steroid dienone is 1. The number of amidine groups is 1. The Hall–Kier alpha value is -2.06. The molecule has 0 aliphatic carbocycles. The van der Waals surface area contributed by atoms with Gasteiger partial charge < -0.3 is 10.0 Å². The smallest absolute Gasteiger partial charge is 0.335 e. The number of nitrogens with zero attached hydrogens (tertiary/aromatic N) is 3. The molecule has 26 heavy (non-hydrogen) atoms. The van der Waals surface area contributed by atoms with Crippen LogP contribution in [-0.2, 0) is 4.79 Å². The molecule has 2 aliphatic rings. The lowest BCUT2D eigenvalue weighted by molar-refractivity contribution is -0.384. The van der Waals surface area contributed by atoms with E-state index in [0.29, 0.717) is 17.2 Å². The molecule has 1 aromatic carbocycles. The molecule has 0 spiro atoms. The Morgan fingerprint density at radius 1 is 1.46 bits per heavy atom. The van der Waals surface area contributed by atoms with Gasteiger partial charge in [0.2, 0.25) is 0 Å². The zero-order valence-electron chi connectivity index (χ0n) is 14.5. The van der Waals surface area contributed by atoms with Crippen molar-refractivity contribution in [2.45, 2.75) is 32.9 Å². The maximum Gasteiger partial charge on any atom is 0.335 e. The van der Waals surface area contributed by atoms with E-state index in [1.165, 1.54) is 12.1 Å². The summed E-state index contributed by atoms with van der Waals surface area (Å²) in [6.45, 7) is 5.78. The first-order valence-electron chi connectivity index (χ1n) is 8.10. The van der Waals surface area contributed by atoms with Gasteiger partial charge >= 0.3 is 5.97 Å². The third kappa shape index (κ3) is 3.07. The predicted octanol–water partition coefficient (Wildman–Crippen LogP) is 4.09. The van der Waals surface area contributed by atoms with Gasteiger partial charge in [-0.15, -0.1) is 0 Å². The van der Waals surface area contributed by atoms with Crippen LogP contribution in [0.2, 0.25) is 5.02 Å². The molecule has 0 amide bonds. The van der Waals surface area contributed by atoms with Crippen molar-refractivity contribution in [1.82, 2.24) is 4.90 Å². The van der Waals surface area contributed by atoms with Gasteiger partial charge in [-0.2, -0.15) is 0 Å². The van der Waals surface area contributed by atoms with Crippen molar-refractivity contribution in [3.8, 4) is 0 Å². The van der Waals surface area contributed by atoms with Crippen LogP contribution in [0.1, 0.15) is 32.4 Å². The molecule has 9 heteroatoms. The van der Waals surface area contributed by atoms with Gasteiger partial charge in [0.15, 0.2) is 5.17 Å². The quantitative estimate of drug-likeness (QED) is 0.611. The second-order valence-corrected chi connectivity index (χ2v) is 7.90. The molecule has 138 valence electrons. The summed E-state index contributed by atoms with van der Waals surface area (Å²) in [6.07, 6.45) is 0. The second-order valence-electron chi connectivity index (χ2n) is 6.51. The number of fused-ring (bicyclic) bond motifs is 1. The molecular formula is C17H18ClN3O4S. The molecule has 2 aliphatic heterocycles. The molecular weight excluding hydrogens is 378 g/mol. The molecule has 3 unspecified atom stereocenters. The van der Waals surface area contributed by atoms with E-state index < -0.39 is 16.9 Å². The number of aliphatic carboxylic acids is 1. The normalized spacial score (nSPS) is 25.6. The molecule has 2 heterocycles. The SMILES string of the molecule is CC1=C(C(=O)O)C(c2ccc(Cl)c([N+](=O)[O-])c2)N2C(=N1)SCC(C)C2C. The van der Waals surface area contributed by atoms with Crippen molar-refractivity contribution in [2.24, 2.45) is 10.9 Å². The summed E-state index contributed by atoms with van der Waals surface area (Å²) >= 11 is 7.51. The third-order valence-corrected chi connectivity index (χ3v) is 6.45. The largest absolute Gasteiger partial charge is 0.478 e. The van der Waals surface area contributed by atoms with Crippen LogP contribution in [0.5, 0.6) is 0 Å². The van der Waals surface area contributed by atoms with Gasteiger partial charge in [-0.1, -0.05) is 36.4 Å². The Kier molecular flexibility index (Phi) is 4.98. The number of nitro benzene ring substituents is 1. The zero-order valence-corrected chi connectivity index (χ0v) is 16.0. The van der Waals surface area contributed by atoms with Crippen LogP contribution in [0.25, 0.3) is 0 Å². The molecule has 1 saturated heterocycles. The number of thioether (sulfide) groups is 1. The van der Waals surface area contributed by atoms with E-state index in [9.17, 15) is 20.0 Å². The van der Waals surface area contributed by atoms with E-state index in [-0.39, 0.29) is 22.3 Å². The minimum absolute atomic E-state index is 0.0236. The van der Waals surface area contributed by atoms with E-state index in [1.54, 1.807) is 24.8 Å². The number of carbonyl (C=O) groups is 1. The summed E-state index contributed by atoms with van der Waals surface area (Å²) in [4.78, 5) is 29.2. The topological polar surface area (TPSA) is 96.0 Å². The number of carboxylic acid groups (broad SMARTS) is 1. The highest BCUT2D eigenvalue weighted by atomic mass is 35.5. The third-order valence-electron chi connectivity index (χ3n) is 4.88. The van der Waals surface area contributed by atoms with Crippen LogP contribution < -0.4 is 0 Å². The van der Waals surface area contributed by atoms with Crippen molar-refractivity contribution in [1.29, 1.82) is 0 Å². The molecule has 3 atom stereocenters. The minimum Gasteiger partial charge on any atom is -0.478 e. The number of rotatable bonds is 3. The Morgan fingerprint density at radius 3 is 2.77 bits per heavy atom. The molecule has 0 aromatic heterocycles. The summed E-state index contributed by atoms with van der Waals surface area (Å²) < 4.78 is 0. The van der Waals surface area contributed by atoms with Crippen molar-refractivity contribution in [3.63, 3.8) is 0 Å². The van der Waals surface area contributed by atoms with Crippen LogP contribution in [0.4, 0.5) is 5.69 Å². The zero-order chi connectivity index (χ0) is 19.2. The first-order chi connectivity index (χ1) is 12.2. The van der Waals surface area contributed by atoms with Gasteiger partial charge in [-0.3, -0.25) is 10.1 Å². The summed E-state index contributed by atoms with van der Waals surface area (Å²) in [7, 11) is 0. The van der Waals surface area contributed by atoms with Crippen molar-refractivity contribution >= 4 is 40.2 Å². The Bertz CT molecular complexity index is 854. The number of nitro groups is 1. The number of halogens is 1. The van der Waals surface area contributed by atoms with E-state index in [4.69, 9.17) is 11.6 Å². The van der Waals surface area contributed by atoms with Crippen LogP contribution in [0.15, 0.2) is 34.5 Å². The number of hydrogen-bond acceptors (Lipinski definition) is 6. The molecule has 3 rings (SSSR count).